The number of likely N-dealkylation sites (tertiary alicyclic amines) is 1. The van der Waals surface area contributed by atoms with E-state index in [4.69, 9.17) is 4.74 Å². The molecule has 0 aliphatic carbocycles. The molecule has 2 aromatic rings. The SMILES string of the molecule is CCCS(=O)(=O)c1ccc2c(c1)CCN2c1cc(OC2CCN(C(=O)OCC(F)(F)F)CC2)ncn1. The smallest absolute Gasteiger partial charge is 0.422 e. The number of rotatable bonds is 7. The molecule has 0 radical (unpaired) electrons. The van der Waals surface area contributed by atoms with Crippen molar-refractivity contribution in [3.05, 3.63) is 36.2 Å². The summed E-state index contributed by atoms with van der Waals surface area (Å²) in [5.74, 6) is 1.06. The fourth-order valence-electron chi connectivity index (χ4n) is 4.30. The van der Waals surface area contributed by atoms with Crippen molar-refractivity contribution in [3.63, 3.8) is 0 Å². The molecule has 2 aliphatic rings. The number of hydrogen-bond acceptors (Lipinski definition) is 8. The molecule has 1 saturated heterocycles. The molecular formula is C23H27F3N4O5S. The van der Waals surface area contributed by atoms with Gasteiger partial charge in [-0.25, -0.2) is 23.2 Å². The number of fused-ring (bicyclic) bond motifs is 1. The lowest BCUT2D eigenvalue weighted by Gasteiger charge is -2.31. The average Bonchev–Trinajstić information content (AvgIpc) is 3.26. The highest BCUT2D eigenvalue weighted by molar-refractivity contribution is 7.91. The number of alkyl halides is 3. The molecule has 36 heavy (non-hydrogen) atoms. The van der Waals surface area contributed by atoms with Crippen LogP contribution in [0.2, 0.25) is 0 Å². The van der Waals surface area contributed by atoms with E-state index in [1.54, 1.807) is 24.3 Å². The number of aromatic nitrogens is 2. The molecule has 0 spiro atoms. The molecule has 0 N–H and O–H groups in total. The second kappa shape index (κ2) is 10.5. The van der Waals surface area contributed by atoms with E-state index in [9.17, 15) is 26.4 Å². The van der Waals surface area contributed by atoms with Crippen molar-refractivity contribution in [3.8, 4) is 5.88 Å². The number of amides is 1. The van der Waals surface area contributed by atoms with Crippen LogP contribution in [0.3, 0.4) is 0 Å². The second-order valence-corrected chi connectivity index (χ2v) is 10.8. The number of carbonyl (C=O) groups is 1. The maximum atomic E-state index is 12.4. The molecule has 9 nitrogen and oxygen atoms in total. The summed E-state index contributed by atoms with van der Waals surface area (Å²) in [7, 11) is -3.30. The molecule has 13 heteroatoms. The summed E-state index contributed by atoms with van der Waals surface area (Å²) in [5.41, 5.74) is 1.80. The zero-order chi connectivity index (χ0) is 25.9. The lowest BCUT2D eigenvalue weighted by atomic mass is 10.1. The van der Waals surface area contributed by atoms with Gasteiger partial charge in [0.15, 0.2) is 16.4 Å². The van der Waals surface area contributed by atoms with Gasteiger partial charge in [-0.3, -0.25) is 0 Å². The van der Waals surface area contributed by atoms with Gasteiger partial charge >= 0.3 is 12.3 Å². The normalized spacial score (nSPS) is 16.7. The Hall–Kier alpha value is -3.09. The number of sulfone groups is 1. The Labute approximate surface area is 207 Å². The maximum Gasteiger partial charge on any atom is 0.422 e. The van der Waals surface area contributed by atoms with E-state index in [0.717, 1.165) is 11.3 Å². The van der Waals surface area contributed by atoms with Gasteiger partial charge < -0.3 is 19.3 Å². The van der Waals surface area contributed by atoms with Crippen LogP contribution in [0.15, 0.2) is 35.5 Å². The van der Waals surface area contributed by atoms with Crippen molar-refractivity contribution < 1.29 is 35.9 Å². The van der Waals surface area contributed by atoms with Gasteiger partial charge in [-0.05, 0) is 36.6 Å². The van der Waals surface area contributed by atoms with E-state index in [0.29, 0.717) is 48.8 Å². The van der Waals surface area contributed by atoms with Crippen LogP contribution in [-0.2, 0) is 21.0 Å². The number of nitrogens with zero attached hydrogens (tertiary/aromatic N) is 4. The lowest BCUT2D eigenvalue weighted by Crippen LogP contribution is -2.42. The van der Waals surface area contributed by atoms with E-state index in [1.165, 1.54) is 11.2 Å². The first-order valence-electron chi connectivity index (χ1n) is 11.7. The number of halogens is 3. The second-order valence-electron chi connectivity index (χ2n) is 8.70. The van der Waals surface area contributed by atoms with Gasteiger partial charge in [0.05, 0.1) is 10.6 Å². The first-order chi connectivity index (χ1) is 17.1. The Morgan fingerprint density at radius 1 is 1.14 bits per heavy atom. The maximum absolute atomic E-state index is 12.4. The molecule has 0 bridgehead atoms. The molecule has 1 aromatic heterocycles. The summed E-state index contributed by atoms with van der Waals surface area (Å²) in [4.78, 5) is 23.9. The van der Waals surface area contributed by atoms with Crippen LogP contribution in [0.25, 0.3) is 0 Å². The number of carbonyl (C=O) groups excluding carboxylic acids is 1. The molecule has 4 rings (SSSR count). The zero-order valence-electron chi connectivity index (χ0n) is 19.7. The molecular weight excluding hydrogens is 501 g/mol. The molecule has 1 amide bonds. The van der Waals surface area contributed by atoms with Crippen molar-refractivity contribution in [1.29, 1.82) is 0 Å². The molecule has 0 unspecified atom stereocenters. The van der Waals surface area contributed by atoms with Crippen LogP contribution >= 0.6 is 0 Å². The molecule has 1 aromatic carbocycles. The lowest BCUT2D eigenvalue weighted by molar-refractivity contribution is -0.162. The summed E-state index contributed by atoms with van der Waals surface area (Å²) in [5, 5.41) is 0. The predicted octanol–water partition coefficient (Wildman–Crippen LogP) is 3.90. The van der Waals surface area contributed by atoms with Crippen molar-refractivity contribution in [1.82, 2.24) is 14.9 Å². The number of ether oxygens (including phenoxy) is 2. The quantitative estimate of drug-likeness (QED) is 0.534. The highest BCUT2D eigenvalue weighted by Crippen LogP contribution is 2.36. The molecule has 196 valence electrons. The third-order valence-corrected chi connectivity index (χ3v) is 7.95. The fourth-order valence-corrected chi connectivity index (χ4v) is 5.67. The number of hydrogen-bond donors (Lipinski definition) is 0. The molecule has 0 atom stereocenters. The minimum atomic E-state index is -4.56. The van der Waals surface area contributed by atoms with Crippen molar-refractivity contribution in [2.75, 3.05) is 36.9 Å². The Morgan fingerprint density at radius 2 is 1.89 bits per heavy atom. The van der Waals surface area contributed by atoms with E-state index < -0.39 is 28.7 Å². The first kappa shape index (κ1) is 26.0. The minimum absolute atomic E-state index is 0.107. The monoisotopic (exact) mass is 528 g/mol. The van der Waals surface area contributed by atoms with E-state index >= 15 is 0 Å². The third-order valence-electron chi connectivity index (χ3n) is 6.03. The van der Waals surface area contributed by atoms with E-state index in [1.807, 2.05) is 11.8 Å². The van der Waals surface area contributed by atoms with Crippen LogP contribution in [0, 0.1) is 0 Å². The third kappa shape index (κ3) is 6.18. The van der Waals surface area contributed by atoms with E-state index in [-0.39, 0.29) is 24.9 Å². The van der Waals surface area contributed by atoms with Crippen molar-refractivity contribution in [2.45, 2.75) is 49.8 Å². The molecule has 2 aliphatic heterocycles. The first-order valence-corrected chi connectivity index (χ1v) is 13.3. The van der Waals surface area contributed by atoms with Gasteiger partial charge in [-0.1, -0.05) is 6.92 Å². The summed E-state index contributed by atoms with van der Waals surface area (Å²) >= 11 is 0. The molecule has 0 saturated carbocycles. The number of benzene rings is 1. The largest absolute Gasteiger partial charge is 0.474 e. The average molecular weight is 529 g/mol. The van der Waals surface area contributed by atoms with Crippen molar-refractivity contribution >= 4 is 27.4 Å². The fraction of sp³-hybridized carbons (Fsp3) is 0.522. The summed E-state index contributed by atoms with van der Waals surface area (Å²) < 4.78 is 71.9. The predicted molar refractivity (Wildman–Crippen MR) is 124 cm³/mol. The molecule has 3 heterocycles. The number of anilines is 2. The van der Waals surface area contributed by atoms with E-state index in [2.05, 4.69) is 14.7 Å². The Morgan fingerprint density at radius 3 is 2.58 bits per heavy atom. The zero-order valence-corrected chi connectivity index (χ0v) is 20.5. The van der Waals surface area contributed by atoms with Crippen LogP contribution in [0.1, 0.15) is 31.7 Å². The van der Waals surface area contributed by atoms with Gasteiger partial charge in [0, 0.05) is 44.2 Å². The minimum Gasteiger partial charge on any atom is -0.474 e. The Bertz CT molecular complexity index is 1200. The highest BCUT2D eigenvalue weighted by Gasteiger charge is 2.32. The topological polar surface area (TPSA) is 102 Å². The van der Waals surface area contributed by atoms with Crippen LogP contribution in [0.4, 0.5) is 29.5 Å². The summed E-state index contributed by atoms with van der Waals surface area (Å²) in [6.07, 6.45) is -2.38. The molecule has 1 fully saturated rings. The Balaban J connectivity index is 1.37. The summed E-state index contributed by atoms with van der Waals surface area (Å²) in [6, 6.07) is 6.84. The van der Waals surface area contributed by atoms with Gasteiger partial charge in [0.1, 0.15) is 18.2 Å². The number of piperidine rings is 1. The van der Waals surface area contributed by atoms with Crippen LogP contribution in [-0.4, -0.2) is 73.7 Å². The van der Waals surface area contributed by atoms with Gasteiger partial charge in [0.2, 0.25) is 5.88 Å². The van der Waals surface area contributed by atoms with Crippen LogP contribution < -0.4 is 9.64 Å². The van der Waals surface area contributed by atoms with Gasteiger partial charge in [-0.15, -0.1) is 0 Å². The van der Waals surface area contributed by atoms with Gasteiger partial charge in [-0.2, -0.15) is 13.2 Å². The van der Waals surface area contributed by atoms with Crippen molar-refractivity contribution in [2.24, 2.45) is 0 Å². The standard InChI is InChI=1S/C23H27F3N4O5S/c1-2-11-36(32,33)18-3-4-19-16(12-18)5-10-30(19)20-13-21(28-15-27-20)35-17-6-8-29(9-7-17)22(31)34-14-23(24,25)26/h3-4,12-13,15,17H,2,5-11,14H2,1H3. The highest BCUT2D eigenvalue weighted by atomic mass is 32.2. The Kier molecular flexibility index (Phi) is 7.57. The van der Waals surface area contributed by atoms with Crippen LogP contribution in [0.5, 0.6) is 5.88 Å². The summed E-state index contributed by atoms with van der Waals surface area (Å²) in [6.45, 7) is 1.27. The van der Waals surface area contributed by atoms with Gasteiger partial charge in [0.25, 0.3) is 0 Å².